The second-order valence-electron chi connectivity index (χ2n) is 8.18. The number of benzene rings is 2. The average molecular weight is 462 g/mol. The normalized spacial score (nSPS) is 18.4. The van der Waals surface area contributed by atoms with Crippen molar-refractivity contribution >= 4 is 23.5 Å². The lowest BCUT2D eigenvalue weighted by Gasteiger charge is -2.43. The smallest absolute Gasteiger partial charge is 0.359 e. The van der Waals surface area contributed by atoms with Gasteiger partial charge in [-0.2, -0.15) is 0 Å². The van der Waals surface area contributed by atoms with Gasteiger partial charge in [-0.3, -0.25) is 14.5 Å². The fourth-order valence-electron chi connectivity index (χ4n) is 4.27. The second-order valence-corrected chi connectivity index (χ2v) is 8.18. The average Bonchev–Trinajstić information content (AvgIpc) is 3.49. The molecule has 2 aromatic carbocycles. The van der Waals surface area contributed by atoms with E-state index < -0.39 is 17.4 Å². The Labute approximate surface area is 195 Å². The minimum Gasteiger partial charge on any atom is -0.464 e. The van der Waals surface area contributed by atoms with Crippen LogP contribution in [0.3, 0.4) is 0 Å². The summed E-state index contributed by atoms with van der Waals surface area (Å²) in [6.45, 7) is 2.12. The number of ether oxygens (including phenoxy) is 3. The maximum absolute atomic E-state index is 13.8. The molecule has 2 aliphatic rings. The molecule has 0 saturated heterocycles. The van der Waals surface area contributed by atoms with Gasteiger partial charge >= 0.3 is 5.97 Å². The van der Waals surface area contributed by atoms with Gasteiger partial charge in [-0.1, -0.05) is 30.3 Å². The van der Waals surface area contributed by atoms with Crippen LogP contribution in [0, 0.1) is 0 Å². The Hall–Kier alpha value is -4.34. The molecule has 2 aliphatic heterocycles. The molecule has 0 saturated carbocycles. The molecule has 3 aromatic rings. The van der Waals surface area contributed by atoms with Crippen molar-refractivity contribution in [3.05, 3.63) is 71.8 Å². The number of aromatic nitrogens is 2. The zero-order valence-corrected chi connectivity index (χ0v) is 18.6. The molecule has 0 unspecified atom stereocenters. The third kappa shape index (κ3) is 3.43. The summed E-state index contributed by atoms with van der Waals surface area (Å²) in [7, 11) is 1.22. The molecular formula is C24H22N4O6. The molecule has 1 atom stereocenters. The number of nitrogens with zero attached hydrogens (tertiary/aromatic N) is 3. The van der Waals surface area contributed by atoms with Crippen LogP contribution in [-0.4, -0.2) is 46.8 Å². The number of esters is 1. The third-order valence-corrected chi connectivity index (χ3v) is 5.99. The van der Waals surface area contributed by atoms with E-state index in [1.54, 1.807) is 25.1 Å². The largest absolute Gasteiger partial charge is 0.464 e. The number of carbonyl (C=O) groups is 3. The maximum atomic E-state index is 13.8. The molecule has 174 valence electrons. The van der Waals surface area contributed by atoms with Gasteiger partial charge in [-0.05, 0) is 24.6 Å². The van der Waals surface area contributed by atoms with Crippen LogP contribution in [0.1, 0.15) is 33.5 Å². The second kappa shape index (κ2) is 8.22. The Morgan fingerprint density at radius 2 is 1.91 bits per heavy atom. The van der Waals surface area contributed by atoms with Gasteiger partial charge in [-0.25, -0.2) is 9.78 Å². The Morgan fingerprint density at radius 1 is 1.15 bits per heavy atom. The number of carbonyl (C=O) groups excluding carboxylic acids is 3. The predicted octanol–water partition coefficient (Wildman–Crippen LogP) is 2.13. The van der Waals surface area contributed by atoms with Crippen LogP contribution in [0.5, 0.6) is 11.5 Å². The van der Waals surface area contributed by atoms with Crippen LogP contribution in [0.15, 0.2) is 54.9 Å². The van der Waals surface area contributed by atoms with Crippen LogP contribution >= 0.6 is 0 Å². The molecule has 2 amide bonds. The Balaban J connectivity index is 1.56. The zero-order valence-electron chi connectivity index (χ0n) is 18.6. The van der Waals surface area contributed by atoms with Crippen LogP contribution < -0.4 is 19.7 Å². The number of anilines is 1. The minimum absolute atomic E-state index is 0.0536. The van der Waals surface area contributed by atoms with E-state index >= 15 is 0 Å². The van der Waals surface area contributed by atoms with E-state index in [9.17, 15) is 14.4 Å². The summed E-state index contributed by atoms with van der Waals surface area (Å²) in [5.41, 5.74) is -0.0362. The van der Waals surface area contributed by atoms with E-state index in [0.717, 1.165) is 5.56 Å². The van der Waals surface area contributed by atoms with Crippen molar-refractivity contribution < 1.29 is 28.6 Å². The molecule has 10 heteroatoms. The molecule has 0 fully saturated rings. The van der Waals surface area contributed by atoms with Gasteiger partial charge in [0.15, 0.2) is 17.2 Å². The van der Waals surface area contributed by atoms with Crippen molar-refractivity contribution in [3.8, 4) is 11.5 Å². The molecule has 3 heterocycles. The fraction of sp³-hybridized carbons (Fsp3) is 0.250. The van der Waals surface area contributed by atoms with Crippen molar-refractivity contribution in [1.82, 2.24) is 14.9 Å². The number of rotatable bonds is 5. The van der Waals surface area contributed by atoms with Crippen LogP contribution in [0.25, 0.3) is 0 Å². The first-order valence-corrected chi connectivity index (χ1v) is 10.6. The van der Waals surface area contributed by atoms with Gasteiger partial charge < -0.3 is 24.1 Å². The molecular weight excluding hydrogens is 440 g/mol. The first-order valence-electron chi connectivity index (χ1n) is 10.6. The zero-order chi connectivity index (χ0) is 23.9. The van der Waals surface area contributed by atoms with Crippen molar-refractivity contribution in [3.63, 3.8) is 0 Å². The number of amides is 2. The van der Waals surface area contributed by atoms with E-state index in [1.807, 2.05) is 30.3 Å². The molecule has 10 nitrogen and oxygen atoms in total. The van der Waals surface area contributed by atoms with Gasteiger partial charge in [0.05, 0.1) is 20.0 Å². The number of imidazole rings is 1. The summed E-state index contributed by atoms with van der Waals surface area (Å²) in [4.78, 5) is 45.1. The number of hydrogen-bond donors (Lipinski definition) is 1. The SMILES string of the molecule is COC(=O)c1ncn2c1C(=O)N(c1ccc3c(c1)OCO3)[C@](C)(C(=O)NCc1ccccc1)C2. The van der Waals surface area contributed by atoms with Crippen molar-refractivity contribution in [2.75, 3.05) is 18.8 Å². The Morgan fingerprint density at radius 3 is 2.68 bits per heavy atom. The minimum atomic E-state index is -1.33. The molecule has 0 bridgehead atoms. The molecule has 34 heavy (non-hydrogen) atoms. The summed E-state index contributed by atoms with van der Waals surface area (Å²) in [6.07, 6.45) is 1.37. The summed E-state index contributed by atoms with van der Waals surface area (Å²) in [5.74, 6) is -0.639. The first-order chi connectivity index (χ1) is 16.4. The molecule has 0 spiro atoms. The molecule has 0 aliphatic carbocycles. The van der Waals surface area contributed by atoms with Crippen molar-refractivity contribution in [2.24, 2.45) is 0 Å². The van der Waals surface area contributed by atoms with Gasteiger partial charge in [0, 0.05) is 18.3 Å². The quantitative estimate of drug-likeness (QED) is 0.578. The summed E-state index contributed by atoms with van der Waals surface area (Å²) in [5, 5.41) is 2.94. The summed E-state index contributed by atoms with van der Waals surface area (Å²) < 4.78 is 17.2. The number of nitrogens with one attached hydrogen (secondary N) is 1. The lowest BCUT2D eigenvalue weighted by atomic mass is 9.93. The van der Waals surface area contributed by atoms with Gasteiger partial charge in [0.1, 0.15) is 11.2 Å². The summed E-state index contributed by atoms with van der Waals surface area (Å²) >= 11 is 0. The molecule has 1 N–H and O–H groups in total. The predicted molar refractivity (Wildman–Crippen MR) is 120 cm³/mol. The first kappa shape index (κ1) is 21.5. The fourth-order valence-corrected chi connectivity index (χ4v) is 4.27. The van der Waals surface area contributed by atoms with Crippen LogP contribution in [0.4, 0.5) is 5.69 Å². The maximum Gasteiger partial charge on any atom is 0.359 e. The standard InChI is InChI=1S/C24H22N4O6/c1-24(23(31)25-11-15-6-4-3-5-7-15)12-27-13-26-19(22(30)32-2)20(27)21(29)28(24)16-8-9-17-18(10-16)34-14-33-17/h3-10,13H,11-12,14H2,1-2H3,(H,25,31)/t24-/m0/s1. The topological polar surface area (TPSA) is 112 Å². The number of fused-ring (bicyclic) bond motifs is 2. The number of methoxy groups -OCH3 is 1. The van der Waals surface area contributed by atoms with Crippen LogP contribution in [-0.2, 0) is 22.6 Å². The van der Waals surface area contributed by atoms with Crippen LogP contribution in [0.2, 0.25) is 0 Å². The van der Waals surface area contributed by atoms with E-state index in [1.165, 1.54) is 22.9 Å². The highest BCUT2D eigenvalue weighted by molar-refractivity contribution is 6.15. The van der Waals surface area contributed by atoms with E-state index in [0.29, 0.717) is 23.7 Å². The lowest BCUT2D eigenvalue weighted by molar-refractivity contribution is -0.126. The Bertz CT molecular complexity index is 1290. The van der Waals surface area contributed by atoms with Crippen molar-refractivity contribution in [2.45, 2.75) is 25.6 Å². The number of hydrogen-bond acceptors (Lipinski definition) is 7. The van der Waals surface area contributed by atoms with E-state index in [4.69, 9.17) is 14.2 Å². The van der Waals surface area contributed by atoms with Crippen molar-refractivity contribution in [1.29, 1.82) is 0 Å². The van der Waals surface area contributed by atoms with Gasteiger partial charge in [-0.15, -0.1) is 0 Å². The molecule has 5 rings (SSSR count). The monoisotopic (exact) mass is 462 g/mol. The lowest BCUT2D eigenvalue weighted by Crippen LogP contribution is -2.64. The molecule has 1 aromatic heterocycles. The van der Waals surface area contributed by atoms with E-state index in [-0.39, 0.29) is 30.6 Å². The molecule has 0 radical (unpaired) electrons. The Kier molecular flexibility index (Phi) is 5.20. The van der Waals surface area contributed by atoms with Gasteiger partial charge in [0.25, 0.3) is 5.91 Å². The highest BCUT2D eigenvalue weighted by Gasteiger charge is 2.50. The highest BCUT2D eigenvalue weighted by Crippen LogP contribution is 2.40. The van der Waals surface area contributed by atoms with Gasteiger partial charge in [0.2, 0.25) is 12.7 Å². The van der Waals surface area contributed by atoms with E-state index in [2.05, 4.69) is 10.3 Å². The highest BCUT2D eigenvalue weighted by atomic mass is 16.7. The summed E-state index contributed by atoms with van der Waals surface area (Å²) in [6, 6.07) is 14.5. The third-order valence-electron chi connectivity index (χ3n) is 5.99.